The zero-order valence-electron chi connectivity index (χ0n) is 25.8. The number of rotatable bonds is 12. The van der Waals surface area contributed by atoms with Gasteiger partial charge in [0.1, 0.15) is 0 Å². The summed E-state index contributed by atoms with van der Waals surface area (Å²) in [7, 11) is 0. The van der Waals surface area contributed by atoms with Crippen LogP contribution < -0.4 is 14.7 Å². The number of β-lactam (4-membered cyclic amide) rings is 2. The summed E-state index contributed by atoms with van der Waals surface area (Å²) in [6.07, 6.45) is 4.37. The number of anilines is 3. The van der Waals surface area contributed by atoms with Crippen LogP contribution >= 0.6 is 0 Å². The molecule has 2 N–H and O–H groups in total. The van der Waals surface area contributed by atoms with E-state index in [4.69, 9.17) is 0 Å². The highest BCUT2D eigenvalue weighted by Gasteiger charge is 2.53. The molecule has 10 nitrogen and oxygen atoms in total. The van der Waals surface area contributed by atoms with E-state index in [1.807, 2.05) is 54.6 Å². The third-order valence-corrected chi connectivity index (χ3v) is 9.17. The number of fused-ring (bicyclic) bond motifs is 1. The van der Waals surface area contributed by atoms with E-state index in [9.17, 15) is 29.4 Å². The second-order valence-corrected chi connectivity index (χ2v) is 12.1. The molecule has 46 heavy (non-hydrogen) atoms. The maximum Gasteiger partial charge on any atom is 0.264 e. The van der Waals surface area contributed by atoms with Crippen molar-refractivity contribution in [3.05, 3.63) is 102 Å². The SMILES string of the molecule is C[C@@H](/C=C/CC(=O)N(CCO)Cc1ccccc1)[C@]1(O)C(=O)N(Cc2ccc(N3CCC3=O)cc2)c2ccc(N3CCC3=O)cc21. The Labute approximate surface area is 268 Å². The molecule has 4 amide bonds. The molecule has 0 radical (unpaired) electrons. The molecule has 6 rings (SSSR count). The Hall–Kier alpha value is -4.80. The van der Waals surface area contributed by atoms with Crippen LogP contribution in [-0.4, -0.2) is 65.0 Å². The van der Waals surface area contributed by atoms with Gasteiger partial charge in [0.2, 0.25) is 17.7 Å². The maximum absolute atomic E-state index is 14.1. The van der Waals surface area contributed by atoms with Crippen LogP contribution in [0.1, 0.15) is 42.9 Å². The molecule has 2 fully saturated rings. The molecular weight excluding hydrogens is 584 g/mol. The van der Waals surface area contributed by atoms with Crippen LogP contribution in [0.3, 0.4) is 0 Å². The fourth-order valence-electron chi connectivity index (χ4n) is 6.26. The summed E-state index contributed by atoms with van der Waals surface area (Å²) in [5.41, 5.74) is 2.24. The molecule has 0 aliphatic carbocycles. The van der Waals surface area contributed by atoms with Crippen LogP contribution in [0.5, 0.6) is 0 Å². The second kappa shape index (κ2) is 12.9. The van der Waals surface area contributed by atoms with Crippen molar-refractivity contribution in [2.24, 2.45) is 5.92 Å². The number of amides is 4. The molecule has 238 valence electrons. The maximum atomic E-state index is 14.1. The van der Waals surface area contributed by atoms with E-state index in [0.717, 1.165) is 16.8 Å². The van der Waals surface area contributed by atoms with E-state index in [1.165, 1.54) is 0 Å². The van der Waals surface area contributed by atoms with Crippen molar-refractivity contribution in [1.82, 2.24) is 4.90 Å². The van der Waals surface area contributed by atoms with E-state index in [1.54, 1.807) is 56.9 Å². The predicted octanol–water partition coefficient (Wildman–Crippen LogP) is 3.50. The monoisotopic (exact) mass is 622 g/mol. The third-order valence-electron chi connectivity index (χ3n) is 9.17. The van der Waals surface area contributed by atoms with Crippen LogP contribution in [0, 0.1) is 5.92 Å². The van der Waals surface area contributed by atoms with Gasteiger partial charge in [-0.1, -0.05) is 61.5 Å². The molecule has 2 atom stereocenters. The second-order valence-electron chi connectivity index (χ2n) is 12.1. The number of hydrogen-bond donors (Lipinski definition) is 2. The Kier molecular flexibility index (Phi) is 8.75. The lowest BCUT2D eigenvalue weighted by molar-refractivity contribution is -0.139. The van der Waals surface area contributed by atoms with Crippen molar-refractivity contribution in [2.45, 2.75) is 44.9 Å². The van der Waals surface area contributed by atoms with Gasteiger partial charge in [0.05, 0.1) is 18.8 Å². The lowest BCUT2D eigenvalue weighted by atomic mass is 9.82. The Morgan fingerprint density at radius 2 is 1.57 bits per heavy atom. The van der Waals surface area contributed by atoms with Gasteiger partial charge in [-0.15, -0.1) is 0 Å². The van der Waals surface area contributed by atoms with E-state index in [2.05, 4.69) is 0 Å². The molecule has 0 bridgehead atoms. The summed E-state index contributed by atoms with van der Waals surface area (Å²) in [4.78, 5) is 57.8. The first-order valence-electron chi connectivity index (χ1n) is 15.7. The van der Waals surface area contributed by atoms with E-state index in [0.29, 0.717) is 49.4 Å². The van der Waals surface area contributed by atoms with Crippen LogP contribution in [0.15, 0.2) is 84.9 Å². The number of carbonyl (C=O) groups excluding carboxylic acids is 4. The van der Waals surface area contributed by atoms with Crippen molar-refractivity contribution in [3.63, 3.8) is 0 Å². The number of aliphatic hydroxyl groups is 2. The summed E-state index contributed by atoms with van der Waals surface area (Å²) in [6, 6.07) is 22.3. The standard InChI is InChI=1S/C36H38N4O6/c1-25(6-5-9-32(42)37(20-21-41)23-26-7-3-2-4-8-26)36(46)30-22-29(39-19-17-34(39)44)14-15-31(30)40(35(36)45)24-27-10-12-28(13-11-27)38-18-16-33(38)43/h2-8,10-15,22,25,41,46H,9,16-21,23-24H2,1H3/b6-5+/t25-,36+/m0/s1. The molecule has 3 aliphatic rings. The third kappa shape index (κ3) is 5.81. The van der Waals surface area contributed by atoms with Crippen LogP contribution in [-0.2, 0) is 37.9 Å². The molecule has 0 unspecified atom stereocenters. The average molecular weight is 623 g/mol. The van der Waals surface area contributed by atoms with Crippen molar-refractivity contribution in [2.75, 3.05) is 40.9 Å². The molecule has 3 aromatic carbocycles. The fraction of sp³-hybridized carbons (Fsp3) is 0.333. The van der Waals surface area contributed by atoms with E-state index < -0.39 is 17.4 Å². The Morgan fingerprint density at radius 1 is 0.913 bits per heavy atom. The molecule has 3 heterocycles. The number of aliphatic hydroxyl groups excluding tert-OH is 1. The average Bonchev–Trinajstić information content (AvgIpc) is 3.26. The van der Waals surface area contributed by atoms with Gasteiger partial charge in [0.15, 0.2) is 5.60 Å². The summed E-state index contributed by atoms with van der Waals surface area (Å²) in [5, 5.41) is 21.8. The Morgan fingerprint density at radius 3 is 2.17 bits per heavy atom. The van der Waals surface area contributed by atoms with Gasteiger partial charge in [-0.25, -0.2) is 0 Å². The highest BCUT2D eigenvalue weighted by Crippen LogP contribution is 2.47. The topological polar surface area (TPSA) is 122 Å². The first-order chi connectivity index (χ1) is 22.2. The Bertz CT molecular complexity index is 1670. The van der Waals surface area contributed by atoms with Gasteiger partial charge in [0.25, 0.3) is 5.91 Å². The van der Waals surface area contributed by atoms with Crippen molar-refractivity contribution in [3.8, 4) is 0 Å². The fourth-order valence-corrected chi connectivity index (χ4v) is 6.26. The first-order valence-corrected chi connectivity index (χ1v) is 15.7. The molecule has 0 aromatic heterocycles. The smallest absolute Gasteiger partial charge is 0.264 e. The minimum absolute atomic E-state index is 0.0140. The van der Waals surface area contributed by atoms with Gasteiger partial charge in [0, 0.05) is 68.3 Å². The van der Waals surface area contributed by atoms with E-state index in [-0.39, 0.29) is 43.8 Å². The number of nitrogens with zero attached hydrogens (tertiary/aromatic N) is 4. The minimum atomic E-state index is -1.93. The van der Waals surface area contributed by atoms with Crippen LogP contribution in [0.25, 0.3) is 0 Å². The van der Waals surface area contributed by atoms with Crippen LogP contribution in [0.4, 0.5) is 17.1 Å². The lowest BCUT2D eigenvalue weighted by Crippen LogP contribution is -2.45. The molecule has 0 spiro atoms. The predicted molar refractivity (Wildman–Crippen MR) is 174 cm³/mol. The minimum Gasteiger partial charge on any atom is -0.395 e. The molecule has 0 saturated carbocycles. The van der Waals surface area contributed by atoms with E-state index >= 15 is 0 Å². The zero-order chi connectivity index (χ0) is 32.4. The molecule has 3 aromatic rings. The van der Waals surface area contributed by atoms with Gasteiger partial charge in [-0.05, 0) is 41.5 Å². The molecule has 3 aliphatic heterocycles. The van der Waals surface area contributed by atoms with Crippen molar-refractivity contribution >= 4 is 40.7 Å². The quantitative estimate of drug-likeness (QED) is 0.236. The molecule has 2 saturated heterocycles. The number of carbonyl (C=O) groups is 4. The summed E-state index contributed by atoms with van der Waals surface area (Å²) in [5.74, 6) is -1.32. The number of benzene rings is 3. The van der Waals surface area contributed by atoms with Gasteiger partial charge in [-0.2, -0.15) is 0 Å². The normalized spacial score (nSPS) is 19.7. The first kappa shape index (κ1) is 31.2. The summed E-state index contributed by atoms with van der Waals surface area (Å²) < 4.78 is 0. The highest BCUT2D eigenvalue weighted by molar-refractivity contribution is 6.08. The van der Waals surface area contributed by atoms with Gasteiger partial charge in [-0.3, -0.25) is 19.2 Å². The molecule has 10 heteroatoms. The molecular formula is C36H38N4O6. The van der Waals surface area contributed by atoms with Crippen LogP contribution in [0.2, 0.25) is 0 Å². The Balaban J connectivity index is 1.23. The highest BCUT2D eigenvalue weighted by atomic mass is 16.3. The lowest BCUT2D eigenvalue weighted by Gasteiger charge is -2.32. The van der Waals surface area contributed by atoms with Gasteiger partial charge < -0.3 is 29.8 Å². The van der Waals surface area contributed by atoms with Crippen molar-refractivity contribution < 1.29 is 29.4 Å². The van der Waals surface area contributed by atoms with Crippen molar-refractivity contribution in [1.29, 1.82) is 0 Å². The number of hydrogen-bond acceptors (Lipinski definition) is 6. The summed E-state index contributed by atoms with van der Waals surface area (Å²) >= 11 is 0. The zero-order valence-corrected chi connectivity index (χ0v) is 25.8. The summed E-state index contributed by atoms with van der Waals surface area (Å²) in [6.45, 7) is 3.59. The largest absolute Gasteiger partial charge is 0.395 e. The van der Waals surface area contributed by atoms with Gasteiger partial charge >= 0.3 is 0 Å².